The maximum absolute atomic E-state index is 11.9. The summed E-state index contributed by atoms with van der Waals surface area (Å²) in [6, 6.07) is -0.874. The Balaban J connectivity index is 2.81. The lowest BCUT2D eigenvalue weighted by Crippen LogP contribution is -2.40. The Hall–Kier alpha value is -1.85. The number of aliphatic carboxylic acids is 1. The number of aryl methyl sites for hydroxylation is 2. The minimum Gasteiger partial charge on any atom is -0.480 e. The number of nitrogens with one attached hydrogen (secondary N) is 1. The Morgan fingerprint density at radius 1 is 1.47 bits per heavy atom. The molecule has 0 aromatic carbocycles. The van der Waals surface area contributed by atoms with Crippen molar-refractivity contribution < 1.29 is 19.2 Å². The van der Waals surface area contributed by atoms with Gasteiger partial charge < -0.3 is 14.9 Å². The molecule has 1 aromatic heterocycles. The molecule has 1 rings (SSSR count). The zero-order chi connectivity index (χ0) is 13.0. The molecule has 1 atom stereocenters. The third-order valence-electron chi connectivity index (χ3n) is 2.44. The molecule has 0 bridgehead atoms. The van der Waals surface area contributed by atoms with Crippen LogP contribution in [0.15, 0.2) is 4.52 Å². The van der Waals surface area contributed by atoms with Crippen LogP contribution in [0.2, 0.25) is 0 Å². The van der Waals surface area contributed by atoms with Crippen molar-refractivity contribution in [3.63, 3.8) is 0 Å². The monoisotopic (exact) mass is 240 g/mol. The average molecular weight is 240 g/mol. The van der Waals surface area contributed by atoms with Gasteiger partial charge in [-0.25, -0.2) is 4.79 Å². The van der Waals surface area contributed by atoms with Crippen LogP contribution < -0.4 is 5.32 Å². The van der Waals surface area contributed by atoms with Gasteiger partial charge in [0.25, 0.3) is 5.91 Å². The van der Waals surface area contributed by atoms with E-state index in [0.29, 0.717) is 29.9 Å². The number of carbonyl (C=O) groups is 2. The lowest BCUT2D eigenvalue weighted by Gasteiger charge is -2.13. The van der Waals surface area contributed by atoms with Crippen LogP contribution >= 0.6 is 0 Å². The summed E-state index contributed by atoms with van der Waals surface area (Å²) in [6.45, 7) is 5.11. The highest BCUT2D eigenvalue weighted by Gasteiger charge is 2.23. The van der Waals surface area contributed by atoms with Crippen LogP contribution in [0.3, 0.4) is 0 Å². The second-order valence-electron chi connectivity index (χ2n) is 3.85. The van der Waals surface area contributed by atoms with Crippen molar-refractivity contribution in [1.82, 2.24) is 10.5 Å². The van der Waals surface area contributed by atoms with E-state index in [1.54, 1.807) is 13.8 Å². The summed E-state index contributed by atoms with van der Waals surface area (Å²) in [4.78, 5) is 22.8. The van der Waals surface area contributed by atoms with Crippen LogP contribution in [0, 0.1) is 13.8 Å². The standard InChI is InChI=1S/C11H16N2O4/c1-4-5-8(11(15)16)12-10(14)9-6(2)13-17-7(9)3/h8H,4-5H2,1-3H3,(H,12,14)(H,15,16)/t8-/m0/s1. The van der Waals surface area contributed by atoms with Gasteiger partial charge in [-0.3, -0.25) is 4.79 Å². The summed E-state index contributed by atoms with van der Waals surface area (Å²) in [5.41, 5.74) is 0.771. The lowest BCUT2D eigenvalue weighted by atomic mass is 10.1. The molecule has 1 aromatic rings. The second kappa shape index (κ2) is 5.47. The van der Waals surface area contributed by atoms with E-state index in [2.05, 4.69) is 10.5 Å². The smallest absolute Gasteiger partial charge is 0.326 e. The summed E-state index contributed by atoms with van der Waals surface area (Å²) in [6.07, 6.45) is 1.07. The molecule has 0 aliphatic carbocycles. The SMILES string of the molecule is CCC[C@H](NC(=O)c1c(C)noc1C)C(=O)O. The van der Waals surface area contributed by atoms with Crippen LogP contribution in [0.4, 0.5) is 0 Å². The van der Waals surface area contributed by atoms with Gasteiger partial charge in [0.05, 0.1) is 5.69 Å². The van der Waals surface area contributed by atoms with Crippen LogP contribution in [-0.4, -0.2) is 28.2 Å². The molecule has 0 radical (unpaired) electrons. The van der Waals surface area contributed by atoms with E-state index >= 15 is 0 Å². The Morgan fingerprint density at radius 3 is 2.53 bits per heavy atom. The highest BCUT2D eigenvalue weighted by Crippen LogP contribution is 2.12. The fraction of sp³-hybridized carbons (Fsp3) is 0.545. The summed E-state index contributed by atoms with van der Waals surface area (Å²) >= 11 is 0. The third-order valence-corrected chi connectivity index (χ3v) is 2.44. The minimum absolute atomic E-state index is 0.312. The topological polar surface area (TPSA) is 92.4 Å². The predicted octanol–water partition coefficient (Wildman–Crippen LogP) is 1.27. The van der Waals surface area contributed by atoms with Crippen molar-refractivity contribution in [2.24, 2.45) is 0 Å². The lowest BCUT2D eigenvalue weighted by molar-refractivity contribution is -0.139. The highest BCUT2D eigenvalue weighted by atomic mass is 16.5. The number of hydrogen-bond acceptors (Lipinski definition) is 4. The van der Waals surface area contributed by atoms with Crippen molar-refractivity contribution in [3.8, 4) is 0 Å². The van der Waals surface area contributed by atoms with E-state index < -0.39 is 17.9 Å². The molecule has 1 amide bonds. The first kappa shape index (κ1) is 13.2. The number of aromatic nitrogens is 1. The van der Waals surface area contributed by atoms with Gasteiger partial charge in [0.2, 0.25) is 0 Å². The molecule has 6 nitrogen and oxygen atoms in total. The Labute approximate surface area is 99.0 Å². The average Bonchev–Trinajstić information content (AvgIpc) is 2.57. The first-order valence-corrected chi connectivity index (χ1v) is 5.43. The second-order valence-corrected chi connectivity index (χ2v) is 3.85. The van der Waals surface area contributed by atoms with Gasteiger partial charge in [-0.15, -0.1) is 0 Å². The molecule has 2 N–H and O–H groups in total. The Morgan fingerprint density at radius 2 is 2.12 bits per heavy atom. The zero-order valence-corrected chi connectivity index (χ0v) is 10.1. The maximum atomic E-state index is 11.9. The van der Waals surface area contributed by atoms with Gasteiger partial charge in [0.1, 0.15) is 17.4 Å². The number of carboxylic acids is 1. The summed E-state index contributed by atoms with van der Waals surface area (Å²) in [5.74, 6) is -1.10. The van der Waals surface area contributed by atoms with Crippen LogP contribution in [0.5, 0.6) is 0 Å². The molecule has 0 spiro atoms. The van der Waals surface area contributed by atoms with Crippen LogP contribution in [0.25, 0.3) is 0 Å². The van der Waals surface area contributed by atoms with Gasteiger partial charge >= 0.3 is 5.97 Å². The van der Waals surface area contributed by atoms with Crippen molar-refractivity contribution in [1.29, 1.82) is 0 Å². The van der Waals surface area contributed by atoms with E-state index in [0.717, 1.165) is 0 Å². The van der Waals surface area contributed by atoms with Gasteiger partial charge in [-0.05, 0) is 20.3 Å². The quantitative estimate of drug-likeness (QED) is 0.808. The molecule has 0 aliphatic heterocycles. The van der Waals surface area contributed by atoms with Gasteiger partial charge in [-0.2, -0.15) is 0 Å². The molecule has 0 saturated carbocycles. The first-order valence-electron chi connectivity index (χ1n) is 5.43. The van der Waals surface area contributed by atoms with Crippen molar-refractivity contribution in [3.05, 3.63) is 17.0 Å². The maximum Gasteiger partial charge on any atom is 0.326 e. The van der Waals surface area contributed by atoms with Gasteiger partial charge in [0, 0.05) is 0 Å². The first-order chi connectivity index (χ1) is 7.97. The molecule has 0 fully saturated rings. The number of rotatable bonds is 5. The number of nitrogens with zero attached hydrogens (tertiary/aromatic N) is 1. The Bertz CT molecular complexity index is 406. The van der Waals surface area contributed by atoms with E-state index in [4.69, 9.17) is 9.63 Å². The normalized spacial score (nSPS) is 12.2. The molecule has 1 heterocycles. The predicted molar refractivity (Wildman–Crippen MR) is 59.8 cm³/mol. The third kappa shape index (κ3) is 3.05. The van der Waals surface area contributed by atoms with E-state index in [1.165, 1.54) is 0 Å². The van der Waals surface area contributed by atoms with Crippen LogP contribution in [0.1, 0.15) is 41.6 Å². The molecule has 0 saturated heterocycles. The van der Waals surface area contributed by atoms with Gasteiger partial charge in [0.15, 0.2) is 0 Å². The van der Waals surface area contributed by atoms with Crippen molar-refractivity contribution in [2.75, 3.05) is 0 Å². The molecule has 6 heteroatoms. The minimum atomic E-state index is -1.04. The molecule has 94 valence electrons. The molecule has 0 unspecified atom stereocenters. The van der Waals surface area contributed by atoms with E-state index in [-0.39, 0.29) is 0 Å². The Kier molecular flexibility index (Phi) is 4.25. The molecule has 17 heavy (non-hydrogen) atoms. The van der Waals surface area contributed by atoms with E-state index in [9.17, 15) is 9.59 Å². The molecular formula is C11H16N2O4. The summed E-state index contributed by atoms with van der Waals surface area (Å²) in [5, 5.41) is 15.1. The largest absolute Gasteiger partial charge is 0.480 e. The number of carboxylic acid groups (broad SMARTS) is 1. The van der Waals surface area contributed by atoms with Crippen LogP contribution in [-0.2, 0) is 4.79 Å². The fourth-order valence-corrected chi connectivity index (χ4v) is 1.58. The molecule has 0 aliphatic rings. The zero-order valence-electron chi connectivity index (χ0n) is 10.1. The van der Waals surface area contributed by atoms with Gasteiger partial charge in [-0.1, -0.05) is 18.5 Å². The molecular weight excluding hydrogens is 224 g/mol. The van der Waals surface area contributed by atoms with Crippen molar-refractivity contribution >= 4 is 11.9 Å². The summed E-state index contributed by atoms with van der Waals surface area (Å²) < 4.78 is 4.86. The summed E-state index contributed by atoms with van der Waals surface area (Å²) in [7, 11) is 0. The number of carbonyl (C=O) groups excluding carboxylic acids is 1. The van der Waals surface area contributed by atoms with E-state index in [1.807, 2.05) is 6.92 Å². The number of hydrogen-bond donors (Lipinski definition) is 2. The van der Waals surface area contributed by atoms with Crippen molar-refractivity contribution in [2.45, 2.75) is 39.7 Å². The fourth-order valence-electron chi connectivity index (χ4n) is 1.58. The number of amides is 1. The highest BCUT2D eigenvalue weighted by molar-refractivity contribution is 5.98.